The van der Waals surface area contributed by atoms with E-state index in [0.717, 1.165) is 24.5 Å². The monoisotopic (exact) mass is 287 g/mol. The Hall–Kier alpha value is -2.50. The van der Waals surface area contributed by atoms with Crippen LogP contribution in [-0.4, -0.2) is 49.1 Å². The minimum absolute atomic E-state index is 0.104. The number of rotatable bonds is 3. The molecule has 1 fully saturated rings. The molecule has 0 N–H and O–H groups in total. The van der Waals surface area contributed by atoms with Crippen LogP contribution in [0.5, 0.6) is 5.75 Å². The molecule has 0 bridgehead atoms. The Balaban J connectivity index is 1.66. The van der Waals surface area contributed by atoms with E-state index in [0.29, 0.717) is 18.8 Å². The zero-order valence-electron chi connectivity index (χ0n) is 11.9. The molecule has 1 aromatic heterocycles. The number of methoxy groups -OCH3 is 1. The highest BCUT2D eigenvalue weighted by molar-refractivity contribution is 5.91. The lowest BCUT2D eigenvalue weighted by Crippen LogP contribution is -2.48. The number of nitrogens with zero attached hydrogens (tertiary/aromatic N) is 3. The number of amides is 1. The Morgan fingerprint density at radius 2 is 2.00 bits per heavy atom. The van der Waals surface area contributed by atoms with Crippen molar-refractivity contribution >= 4 is 11.6 Å². The number of hydrogen-bond donors (Lipinski definition) is 0. The van der Waals surface area contributed by atoms with Crippen molar-refractivity contribution in [2.75, 3.05) is 38.2 Å². The van der Waals surface area contributed by atoms with Gasteiger partial charge in [-0.1, -0.05) is 12.1 Å². The molecule has 1 aromatic carbocycles. The second kappa shape index (κ2) is 5.87. The SMILES string of the molecule is COc1ccccc1N1CCN(C(=O)c2cnco2)CC1. The van der Waals surface area contributed by atoms with Crippen molar-refractivity contribution in [3.05, 3.63) is 42.6 Å². The summed E-state index contributed by atoms with van der Waals surface area (Å²) < 4.78 is 10.4. The Labute approximate surface area is 122 Å². The Bertz CT molecular complexity index is 604. The molecule has 0 aliphatic carbocycles. The number of carbonyl (C=O) groups excluding carboxylic acids is 1. The van der Waals surface area contributed by atoms with Gasteiger partial charge in [-0.3, -0.25) is 4.79 Å². The second-order valence-electron chi connectivity index (χ2n) is 4.82. The number of oxazole rings is 1. The van der Waals surface area contributed by atoms with Crippen LogP contribution in [0.4, 0.5) is 5.69 Å². The number of ether oxygens (including phenoxy) is 1. The average Bonchev–Trinajstić information content (AvgIpc) is 3.09. The largest absolute Gasteiger partial charge is 0.495 e. The average molecular weight is 287 g/mol. The Morgan fingerprint density at radius 1 is 1.24 bits per heavy atom. The molecule has 0 atom stereocenters. The lowest BCUT2D eigenvalue weighted by Gasteiger charge is -2.36. The highest BCUT2D eigenvalue weighted by Crippen LogP contribution is 2.28. The summed E-state index contributed by atoms with van der Waals surface area (Å²) in [6.45, 7) is 2.83. The standard InChI is InChI=1S/C15H17N3O3/c1-20-13-5-3-2-4-12(13)17-6-8-18(9-7-17)15(19)14-10-16-11-21-14/h2-5,10-11H,6-9H2,1H3. The molecule has 21 heavy (non-hydrogen) atoms. The lowest BCUT2D eigenvalue weighted by molar-refractivity contribution is 0.0714. The highest BCUT2D eigenvalue weighted by atomic mass is 16.5. The van der Waals surface area contributed by atoms with Crippen LogP contribution in [-0.2, 0) is 0 Å². The van der Waals surface area contributed by atoms with Gasteiger partial charge in [0.05, 0.1) is 19.0 Å². The molecule has 0 unspecified atom stereocenters. The predicted octanol–water partition coefficient (Wildman–Crippen LogP) is 1.65. The number of anilines is 1. The van der Waals surface area contributed by atoms with Crippen molar-refractivity contribution in [3.63, 3.8) is 0 Å². The van der Waals surface area contributed by atoms with Gasteiger partial charge in [0.2, 0.25) is 5.76 Å². The van der Waals surface area contributed by atoms with Gasteiger partial charge in [-0.2, -0.15) is 0 Å². The summed E-state index contributed by atoms with van der Waals surface area (Å²) in [4.78, 5) is 20.0. The van der Waals surface area contributed by atoms with Gasteiger partial charge in [-0.05, 0) is 12.1 Å². The van der Waals surface area contributed by atoms with Crippen LogP contribution in [0.1, 0.15) is 10.6 Å². The number of carbonyl (C=O) groups is 1. The maximum absolute atomic E-state index is 12.2. The smallest absolute Gasteiger partial charge is 0.291 e. The van der Waals surface area contributed by atoms with Crippen LogP contribution >= 0.6 is 0 Å². The van der Waals surface area contributed by atoms with Gasteiger partial charge in [0.1, 0.15) is 5.75 Å². The number of para-hydroxylation sites is 2. The van der Waals surface area contributed by atoms with Gasteiger partial charge in [-0.15, -0.1) is 0 Å². The van der Waals surface area contributed by atoms with Crippen LogP contribution in [0.15, 0.2) is 41.3 Å². The van der Waals surface area contributed by atoms with Crippen molar-refractivity contribution in [3.8, 4) is 5.75 Å². The van der Waals surface area contributed by atoms with E-state index in [-0.39, 0.29) is 5.91 Å². The van der Waals surface area contributed by atoms with Gasteiger partial charge in [0, 0.05) is 26.2 Å². The molecule has 1 saturated heterocycles. The molecule has 0 radical (unpaired) electrons. The Morgan fingerprint density at radius 3 is 2.67 bits per heavy atom. The minimum Gasteiger partial charge on any atom is -0.495 e. The van der Waals surface area contributed by atoms with Crippen LogP contribution in [0.3, 0.4) is 0 Å². The molecule has 3 rings (SSSR count). The molecular formula is C15H17N3O3. The molecule has 2 heterocycles. The maximum Gasteiger partial charge on any atom is 0.291 e. The predicted molar refractivity (Wildman–Crippen MR) is 77.6 cm³/mol. The van der Waals surface area contributed by atoms with E-state index in [4.69, 9.17) is 9.15 Å². The van der Waals surface area contributed by atoms with E-state index in [9.17, 15) is 4.79 Å². The number of hydrogen-bond acceptors (Lipinski definition) is 5. The fourth-order valence-electron chi connectivity index (χ4n) is 2.52. The zero-order valence-corrected chi connectivity index (χ0v) is 11.9. The maximum atomic E-state index is 12.2. The van der Waals surface area contributed by atoms with Crippen molar-refractivity contribution in [1.29, 1.82) is 0 Å². The third-order valence-electron chi connectivity index (χ3n) is 3.64. The number of benzene rings is 1. The van der Waals surface area contributed by atoms with E-state index in [2.05, 4.69) is 9.88 Å². The van der Waals surface area contributed by atoms with Crippen LogP contribution in [0, 0.1) is 0 Å². The normalized spacial score (nSPS) is 15.1. The van der Waals surface area contributed by atoms with Crippen LogP contribution in [0.25, 0.3) is 0 Å². The van der Waals surface area contributed by atoms with Gasteiger partial charge in [0.15, 0.2) is 6.39 Å². The molecule has 1 aliphatic heterocycles. The van der Waals surface area contributed by atoms with E-state index >= 15 is 0 Å². The quantitative estimate of drug-likeness (QED) is 0.859. The van der Waals surface area contributed by atoms with Crippen molar-refractivity contribution in [2.24, 2.45) is 0 Å². The summed E-state index contributed by atoms with van der Waals surface area (Å²) in [6.07, 6.45) is 2.73. The molecule has 2 aromatic rings. The Kier molecular flexibility index (Phi) is 3.77. The van der Waals surface area contributed by atoms with Crippen molar-refractivity contribution in [1.82, 2.24) is 9.88 Å². The fraction of sp³-hybridized carbons (Fsp3) is 0.333. The number of aromatic nitrogens is 1. The third kappa shape index (κ3) is 2.69. The molecule has 0 spiro atoms. The second-order valence-corrected chi connectivity index (χ2v) is 4.82. The molecule has 1 amide bonds. The topological polar surface area (TPSA) is 58.8 Å². The summed E-state index contributed by atoms with van der Waals surface area (Å²) >= 11 is 0. The van der Waals surface area contributed by atoms with Crippen LogP contribution < -0.4 is 9.64 Å². The van der Waals surface area contributed by atoms with Crippen LogP contribution in [0.2, 0.25) is 0 Å². The highest BCUT2D eigenvalue weighted by Gasteiger charge is 2.25. The first-order valence-electron chi connectivity index (χ1n) is 6.85. The first-order valence-corrected chi connectivity index (χ1v) is 6.85. The summed E-state index contributed by atoms with van der Waals surface area (Å²) in [6, 6.07) is 7.92. The van der Waals surface area contributed by atoms with Gasteiger partial charge >= 0.3 is 0 Å². The third-order valence-corrected chi connectivity index (χ3v) is 3.64. The summed E-state index contributed by atoms with van der Waals surface area (Å²) in [5.74, 6) is 1.04. The van der Waals surface area contributed by atoms with E-state index in [1.165, 1.54) is 12.6 Å². The van der Waals surface area contributed by atoms with Gasteiger partial charge in [-0.25, -0.2) is 4.98 Å². The van der Waals surface area contributed by atoms with Gasteiger partial charge < -0.3 is 19.0 Å². The number of piperazine rings is 1. The van der Waals surface area contributed by atoms with E-state index in [1.54, 1.807) is 12.0 Å². The molecule has 110 valence electrons. The molecule has 6 heteroatoms. The van der Waals surface area contributed by atoms with Gasteiger partial charge in [0.25, 0.3) is 5.91 Å². The zero-order chi connectivity index (χ0) is 14.7. The van der Waals surface area contributed by atoms with E-state index < -0.39 is 0 Å². The van der Waals surface area contributed by atoms with E-state index in [1.807, 2.05) is 24.3 Å². The molecule has 0 saturated carbocycles. The molecular weight excluding hydrogens is 270 g/mol. The fourth-order valence-corrected chi connectivity index (χ4v) is 2.52. The van der Waals surface area contributed by atoms with Crippen molar-refractivity contribution in [2.45, 2.75) is 0 Å². The first-order chi connectivity index (χ1) is 10.3. The molecule has 1 aliphatic rings. The minimum atomic E-state index is -0.104. The lowest BCUT2D eigenvalue weighted by atomic mass is 10.2. The first kappa shape index (κ1) is 13.5. The summed E-state index contributed by atoms with van der Waals surface area (Å²) in [5.41, 5.74) is 1.06. The summed E-state index contributed by atoms with van der Waals surface area (Å²) in [5, 5.41) is 0. The molecule has 6 nitrogen and oxygen atoms in total. The summed E-state index contributed by atoms with van der Waals surface area (Å²) in [7, 11) is 1.67. The van der Waals surface area contributed by atoms with Crippen molar-refractivity contribution < 1.29 is 13.9 Å².